The van der Waals surface area contributed by atoms with Crippen LogP contribution in [0.1, 0.15) is 0 Å². The maximum Gasteiger partial charge on any atom is 0.271 e. The molecule has 0 atom stereocenters. The van der Waals surface area contributed by atoms with E-state index < -0.39 is 0 Å². The molecule has 1 aliphatic heterocycles. The smallest absolute Gasteiger partial charge is 0.255 e. The molecule has 0 aliphatic carbocycles. The minimum absolute atomic E-state index is 0.435. The van der Waals surface area contributed by atoms with E-state index in [4.69, 9.17) is 11.6 Å². The van der Waals surface area contributed by atoms with Crippen molar-refractivity contribution in [2.24, 2.45) is 10.1 Å². The Morgan fingerprint density at radius 2 is 2.12 bits per heavy atom. The molecule has 17 heavy (non-hydrogen) atoms. The van der Waals surface area contributed by atoms with Crippen LogP contribution in [-0.2, 0) is 0 Å². The molecule has 0 spiro atoms. The molecule has 0 fully saturated rings. The zero-order chi connectivity index (χ0) is 11.7. The number of hydrogen-bond acceptors (Lipinski definition) is 4. The van der Waals surface area contributed by atoms with Gasteiger partial charge in [0, 0.05) is 18.0 Å². The zero-order valence-electron chi connectivity index (χ0n) is 8.53. The first-order valence-corrected chi connectivity index (χ1v) is 5.18. The molecule has 7 heteroatoms. The number of aliphatic imine (C=N–C) groups is 1. The van der Waals surface area contributed by atoms with Crippen molar-refractivity contribution in [1.82, 2.24) is 20.2 Å². The second-order valence-electron chi connectivity index (χ2n) is 3.30. The first kappa shape index (κ1) is 9.98. The van der Waals surface area contributed by atoms with E-state index in [0.29, 0.717) is 11.0 Å². The van der Waals surface area contributed by atoms with Crippen LogP contribution in [0.4, 0.5) is 0 Å². The van der Waals surface area contributed by atoms with Crippen LogP contribution in [0.25, 0.3) is 11.3 Å². The molecule has 0 saturated carbocycles. The SMILES string of the molecule is Clc1ccc(-c2cnn(C3=N[N]C=N3)c2)nc1. The number of aromatic nitrogens is 3. The van der Waals surface area contributed by atoms with Crippen LogP contribution in [0.2, 0.25) is 5.02 Å². The quantitative estimate of drug-likeness (QED) is 0.761. The van der Waals surface area contributed by atoms with Crippen LogP contribution >= 0.6 is 11.6 Å². The van der Waals surface area contributed by atoms with Gasteiger partial charge in [0.1, 0.15) is 6.34 Å². The van der Waals surface area contributed by atoms with Gasteiger partial charge in [-0.25, -0.2) is 4.68 Å². The molecule has 0 bridgehead atoms. The third-order valence-corrected chi connectivity index (χ3v) is 2.41. The second kappa shape index (κ2) is 3.99. The molecule has 6 nitrogen and oxygen atoms in total. The molecule has 83 valence electrons. The van der Waals surface area contributed by atoms with Gasteiger partial charge in [0.15, 0.2) is 0 Å². The van der Waals surface area contributed by atoms with Gasteiger partial charge < -0.3 is 0 Å². The largest absolute Gasteiger partial charge is 0.271 e. The molecule has 1 radical (unpaired) electrons. The lowest BCUT2D eigenvalue weighted by molar-refractivity contribution is 0.905. The van der Waals surface area contributed by atoms with Gasteiger partial charge in [0.2, 0.25) is 0 Å². The maximum atomic E-state index is 5.77. The first-order valence-electron chi connectivity index (χ1n) is 4.80. The standard InChI is InChI=1S/C10H6ClN6/c11-8-1-2-9(12-4-8)7-3-15-17(5-7)10-13-6-14-16-10/h1-6H. The molecule has 2 aromatic rings. The molecule has 0 N–H and O–H groups in total. The van der Waals surface area contributed by atoms with E-state index in [-0.39, 0.29) is 0 Å². The summed E-state index contributed by atoms with van der Waals surface area (Å²) in [7, 11) is 0. The van der Waals surface area contributed by atoms with Gasteiger partial charge in [-0.3, -0.25) is 4.98 Å². The third-order valence-electron chi connectivity index (χ3n) is 2.18. The summed E-state index contributed by atoms with van der Waals surface area (Å²) in [5.74, 6) is 0.435. The molecule has 3 heterocycles. The molecule has 0 saturated heterocycles. The summed E-state index contributed by atoms with van der Waals surface area (Å²) in [5, 5.41) is 8.54. The normalized spacial score (nSPS) is 13.6. The Hall–Kier alpha value is -2.21. The number of hydrogen-bond donors (Lipinski definition) is 0. The molecule has 0 aromatic carbocycles. The van der Waals surface area contributed by atoms with E-state index in [2.05, 4.69) is 25.6 Å². The fourth-order valence-corrected chi connectivity index (χ4v) is 1.51. The monoisotopic (exact) mass is 245 g/mol. The maximum absolute atomic E-state index is 5.77. The Kier molecular flexibility index (Phi) is 2.34. The van der Waals surface area contributed by atoms with Gasteiger partial charge in [-0.2, -0.15) is 10.1 Å². The van der Waals surface area contributed by atoms with Crippen molar-refractivity contribution in [2.75, 3.05) is 0 Å². The van der Waals surface area contributed by atoms with Gasteiger partial charge in [0.05, 0.1) is 16.9 Å². The topological polar surface area (TPSA) is 69.5 Å². The fraction of sp³-hybridized carbons (Fsp3) is 0. The van der Waals surface area contributed by atoms with Crippen LogP contribution in [0.3, 0.4) is 0 Å². The van der Waals surface area contributed by atoms with Crippen LogP contribution < -0.4 is 5.43 Å². The Labute approximate surface area is 102 Å². The van der Waals surface area contributed by atoms with E-state index in [9.17, 15) is 0 Å². The lowest BCUT2D eigenvalue weighted by Crippen LogP contribution is -2.07. The van der Waals surface area contributed by atoms with Gasteiger partial charge in [-0.05, 0) is 12.1 Å². The Morgan fingerprint density at radius 3 is 2.82 bits per heavy atom. The number of nitrogens with zero attached hydrogens (tertiary/aromatic N) is 6. The summed E-state index contributed by atoms with van der Waals surface area (Å²) in [6.45, 7) is 0. The van der Waals surface area contributed by atoms with Crippen LogP contribution in [0, 0.1) is 0 Å². The predicted molar refractivity (Wildman–Crippen MR) is 63.9 cm³/mol. The number of halogens is 1. The minimum Gasteiger partial charge on any atom is -0.255 e. The van der Waals surface area contributed by atoms with Crippen molar-refractivity contribution in [3.63, 3.8) is 0 Å². The molecule has 1 aliphatic rings. The molecule has 0 unspecified atom stereocenters. The predicted octanol–water partition coefficient (Wildman–Crippen LogP) is 1.36. The summed E-state index contributed by atoms with van der Waals surface area (Å²) in [6.07, 6.45) is 6.44. The Morgan fingerprint density at radius 1 is 1.18 bits per heavy atom. The zero-order valence-corrected chi connectivity index (χ0v) is 9.28. The van der Waals surface area contributed by atoms with E-state index in [1.807, 2.05) is 6.07 Å². The summed E-state index contributed by atoms with van der Waals surface area (Å²) >= 11 is 5.77. The molecule has 3 rings (SSSR count). The van der Waals surface area contributed by atoms with Crippen molar-refractivity contribution < 1.29 is 0 Å². The van der Waals surface area contributed by atoms with Gasteiger partial charge in [-0.1, -0.05) is 11.6 Å². The van der Waals surface area contributed by atoms with Gasteiger partial charge >= 0.3 is 0 Å². The molecule has 0 amide bonds. The molecule has 2 aromatic heterocycles. The van der Waals surface area contributed by atoms with Crippen molar-refractivity contribution in [1.29, 1.82) is 0 Å². The molecular weight excluding hydrogens is 240 g/mol. The van der Waals surface area contributed by atoms with Crippen molar-refractivity contribution in [3.8, 4) is 11.3 Å². The van der Waals surface area contributed by atoms with Crippen LogP contribution in [-0.4, -0.2) is 27.1 Å². The Bertz CT molecular complexity index is 598. The lowest BCUT2D eigenvalue weighted by Gasteiger charge is -1.95. The van der Waals surface area contributed by atoms with Crippen molar-refractivity contribution >= 4 is 23.9 Å². The van der Waals surface area contributed by atoms with Gasteiger partial charge in [0.25, 0.3) is 5.96 Å². The highest BCUT2D eigenvalue weighted by Gasteiger charge is 2.09. The summed E-state index contributed by atoms with van der Waals surface area (Å²) in [6, 6.07) is 3.61. The second-order valence-corrected chi connectivity index (χ2v) is 3.73. The third kappa shape index (κ3) is 1.90. The minimum atomic E-state index is 0.435. The summed E-state index contributed by atoms with van der Waals surface area (Å²) in [4.78, 5) is 8.15. The highest BCUT2D eigenvalue weighted by molar-refractivity contribution is 6.30. The van der Waals surface area contributed by atoms with E-state index in [0.717, 1.165) is 11.3 Å². The first-order chi connectivity index (χ1) is 8.33. The summed E-state index contributed by atoms with van der Waals surface area (Å²) in [5.41, 5.74) is 5.30. The van der Waals surface area contributed by atoms with E-state index in [1.54, 1.807) is 29.3 Å². The number of rotatable bonds is 1. The van der Waals surface area contributed by atoms with Crippen LogP contribution in [0.5, 0.6) is 0 Å². The van der Waals surface area contributed by atoms with Crippen molar-refractivity contribution in [2.45, 2.75) is 0 Å². The average molecular weight is 246 g/mol. The highest BCUT2D eigenvalue weighted by atomic mass is 35.5. The Balaban J connectivity index is 1.94. The molecular formula is C10H6ClN6. The van der Waals surface area contributed by atoms with Gasteiger partial charge in [-0.15, -0.1) is 10.5 Å². The highest BCUT2D eigenvalue weighted by Crippen LogP contribution is 2.17. The van der Waals surface area contributed by atoms with Crippen molar-refractivity contribution in [3.05, 3.63) is 35.7 Å². The van der Waals surface area contributed by atoms with E-state index in [1.165, 1.54) is 6.34 Å². The fourth-order valence-electron chi connectivity index (χ4n) is 1.40. The average Bonchev–Trinajstić information content (AvgIpc) is 3.00. The van der Waals surface area contributed by atoms with Crippen LogP contribution in [0.15, 0.2) is 40.8 Å². The summed E-state index contributed by atoms with van der Waals surface area (Å²) < 4.78 is 1.54. The lowest BCUT2D eigenvalue weighted by atomic mass is 10.2. The number of pyridine rings is 1. The van der Waals surface area contributed by atoms with E-state index >= 15 is 0 Å².